The summed E-state index contributed by atoms with van der Waals surface area (Å²) in [6.45, 7) is 2.72. The topological polar surface area (TPSA) is 62.3 Å². The van der Waals surface area contributed by atoms with Gasteiger partial charge in [0.1, 0.15) is 5.01 Å². The minimum Gasteiger partial charge on any atom is -0.324 e. The number of likely N-dealkylation sites (tertiary alicyclic amines) is 1. The zero-order valence-electron chi connectivity index (χ0n) is 13.7. The average molecular weight is 343 g/mol. The number of aromatic nitrogens is 1. The number of Topliss-reactive ketones (excluding diaryl/α,β-unsaturated/α-hetero) is 1. The van der Waals surface area contributed by atoms with Gasteiger partial charge in [-0.1, -0.05) is 18.6 Å². The maximum Gasteiger partial charge on any atom is 0.238 e. The predicted molar refractivity (Wildman–Crippen MR) is 95.4 cm³/mol. The second-order valence-electron chi connectivity index (χ2n) is 6.00. The lowest BCUT2D eigenvalue weighted by Crippen LogP contribution is -2.39. The molecule has 1 aliphatic rings. The molecule has 1 amide bonds. The third-order valence-electron chi connectivity index (χ3n) is 4.28. The van der Waals surface area contributed by atoms with Gasteiger partial charge in [0, 0.05) is 17.1 Å². The number of nitrogens with one attached hydrogen (secondary N) is 1. The molecule has 1 aromatic carbocycles. The first-order valence-electron chi connectivity index (χ1n) is 8.18. The van der Waals surface area contributed by atoms with Crippen LogP contribution in [0, 0.1) is 0 Å². The molecule has 1 N–H and O–H groups in total. The first-order valence-corrected chi connectivity index (χ1v) is 9.06. The van der Waals surface area contributed by atoms with Crippen molar-refractivity contribution >= 4 is 28.7 Å². The summed E-state index contributed by atoms with van der Waals surface area (Å²) in [4.78, 5) is 30.8. The molecule has 1 fully saturated rings. The molecular formula is C18H21N3O2S. The Balaban J connectivity index is 1.69. The first kappa shape index (κ1) is 16.8. The quantitative estimate of drug-likeness (QED) is 0.844. The Morgan fingerprint density at radius 3 is 2.92 bits per heavy atom. The van der Waals surface area contributed by atoms with Gasteiger partial charge in [0.05, 0.1) is 18.3 Å². The van der Waals surface area contributed by atoms with Crippen molar-refractivity contribution in [3.05, 3.63) is 46.4 Å². The number of nitrogens with zero attached hydrogens (tertiary/aromatic N) is 2. The zero-order chi connectivity index (χ0) is 16.9. The van der Waals surface area contributed by atoms with E-state index in [9.17, 15) is 9.59 Å². The summed E-state index contributed by atoms with van der Waals surface area (Å²) >= 11 is 1.64. The van der Waals surface area contributed by atoms with Crippen LogP contribution in [0.4, 0.5) is 5.69 Å². The summed E-state index contributed by atoms with van der Waals surface area (Å²) in [5, 5.41) is 5.94. The van der Waals surface area contributed by atoms with Crippen LogP contribution in [0.15, 0.2) is 35.8 Å². The van der Waals surface area contributed by atoms with E-state index in [2.05, 4.69) is 15.2 Å². The number of amides is 1. The number of piperidine rings is 1. The van der Waals surface area contributed by atoms with Crippen molar-refractivity contribution in [1.82, 2.24) is 9.88 Å². The van der Waals surface area contributed by atoms with Crippen LogP contribution in [0.25, 0.3) is 0 Å². The van der Waals surface area contributed by atoms with Gasteiger partial charge >= 0.3 is 0 Å². The molecule has 0 radical (unpaired) electrons. The van der Waals surface area contributed by atoms with E-state index in [0.29, 0.717) is 17.8 Å². The lowest BCUT2D eigenvalue weighted by molar-refractivity contribution is -0.118. The monoisotopic (exact) mass is 343 g/mol. The van der Waals surface area contributed by atoms with Crippen molar-refractivity contribution in [1.29, 1.82) is 0 Å². The van der Waals surface area contributed by atoms with Gasteiger partial charge in [0.15, 0.2) is 5.78 Å². The number of hydrogen-bond donors (Lipinski definition) is 1. The van der Waals surface area contributed by atoms with Crippen LogP contribution in [0.2, 0.25) is 0 Å². The highest BCUT2D eigenvalue weighted by Crippen LogP contribution is 2.31. The number of rotatable bonds is 5. The molecule has 6 heteroatoms. The Morgan fingerprint density at radius 1 is 1.33 bits per heavy atom. The van der Waals surface area contributed by atoms with E-state index >= 15 is 0 Å². The van der Waals surface area contributed by atoms with Gasteiger partial charge < -0.3 is 5.32 Å². The fourth-order valence-corrected chi connectivity index (χ4v) is 3.94. The number of para-hydroxylation sites is 1. The van der Waals surface area contributed by atoms with Gasteiger partial charge in [-0.25, -0.2) is 4.98 Å². The SMILES string of the molecule is CC(=O)c1ccccc1NC(=O)CN1CCCC[C@@H]1c1nccs1. The van der Waals surface area contributed by atoms with Crippen molar-refractivity contribution < 1.29 is 9.59 Å². The normalized spacial score (nSPS) is 18.3. The zero-order valence-corrected chi connectivity index (χ0v) is 14.5. The molecular weight excluding hydrogens is 322 g/mol. The van der Waals surface area contributed by atoms with Crippen LogP contribution in [0.1, 0.15) is 47.6 Å². The van der Waals surface area contributed by atoms with Gasteiger partial charge in [0.25, 0.3) is 0 Å². The van der Waals surface area contributed by atoms with Crippen molar-refractivity contribution in [2.45, 2.75) is 32.2 Å². The van der Waals surface area contributed by atoms with Gasteiger partial charge in [-0.15, -0.1) is 11.3 Å². The van der Waals surface area contributed by atoms with E-state index in [1.54, 1.807) is 29.5 Å². The van der Waals surface area contributed by atoms with E-state index in [1.807, 2.05) is 17.6 Å². The molecule has 1 aromatic heterocycles. The number of carbonyl (C=O) groups excluding carboxylic acids is 2. The van der Waals surface area contributed by atoms with Crippen LogP contribution in [0.5, 0.6) is 0 Å². The van der Waals surface area contributed by atoms with Crippen LogP contribution >= 0.6 is 11.3 Å². The van der Waals surface area contributed by atoms with Crippen LogP contribution in [0.3, 0.4) is 0 Å². The van der Waals surface area contributed by atoms with E-state index in [4.69, 9.17) is 0 Å². The minimum absolute atomic E-state index is 0.0514. The van der Waals surface area contributed by atoms with Gasteiger partial charge in [0.2, 0.25) is 5.91 Å². The minimum atomic E-state index is -0.0906. The summed E-state index contributed by atoms with van der Waals surface area (Å²) in [5.41, 5.74) is 1.12. The Bertz CT molecular complexity index is 715. The third kappa shape index (κ3) is 3.88. The van der Waals surface area contributed by atoms with E-state index in [-0.39, 0.29) is 17.7 Å². The highest BCUT2D eigenvalue weighted by atomic mass is 32.1. The first-order chi connectivity index (χ1) is 11.6. The Morgan fingerprint density at radius 2 is 2.17 bits per heavy atom. The largest absolute Gasteiger partial charge is 0.324 e. The fraction of sp³-hybridized carbons (Fsp3) is 0.389. The standard InChI is InChI=1S/C18H21N3O2S/c1-13(22)14-6-2-3-7-15(14)20-17(23)12-21-10-5-4-8-16(21)18-19-9-11-24-18/h2-3,6-7,9,11,16H,4-5,8,10,12H2,1H3,(H,20,23)/t16-/m1/s1. The Kier molecular flexibility index (Phi) is 5.37. The smallest absolute Gasteiger partial charge is 0.238 e. The molecule has 1 atom stereocenters. The lowest BCUT2D eigenvalue weighted by atomic mass is 10.0. The molecule has 24 heavy (non-hydrogen) atoms. The molecule has 5 nitrogen and oxygen atoms in total. The highest BCUT2D eigenvalue weighted by molar-refractivity contribution is 7.09. The van der Waals surface area contributed by atoms with E-state index in [1.165, 1.54) is 6.92 Å². The van der Waals surface area contributed by atoms with Gasteiger partial charge in [-0.2, -0.15) is 0 Å². The van der Waals surface area contributed by atoms with Crippen molar-refractivity contribution in [2.24, 2.45) is 0 Å². The molecule has 1 aliphatic heterocycles. The number of carbonyl (C=O) groups is 2. The molecule has 0 spiro atoms. The Labute approximate surface area is 145 Å². The maximum absolute atomic E-state index is 12.5. The van der Waals surface area contributed by atoms with Crippen LogP contribution in [-0.4, -0.2) is 34.7 Å². The summed E-state index contributed by atoms with van der Waals surface area (Å²) in [6.07, 6.45) is 5.11. The number of thiazole rings is 1. The number of benzene rings is 1. The van der Waals surface area contributed by atoms with Crippen molar-refractivity contribution in [2.75, 3.05) is 18.4 Å². The second kappa shape index (κ2) is 7.68. The van der Waals surface area contributed by atoms with Gasteiger partial charge in [-0.05, 0) is 38.4 Å². The average Bonchev–Trinajstić information content (AvgIpc) is 3.10. The van der Waals surface area contributed by atoms with Crippen molar-refractivity contribution in [3.63, 3.8) is 0 Å². The molecule has 3 rings (SSSR count). The number of anilines is 1. The summed E-state index contributed by atoms with van der Waals surface area (Å²) in [5.74, 6) is -0.142. The predicted octanol–water partition coefficient (Wildman–Crippen LogP) is 3.51. The molecule has 126 valence electrons. The lowest BCUT2D eigenvalue weighted by Gasteiger charge is -2.33. The molecule has 0 saturated carbocycles. The highest BCUT2D eigenvalue weighted by Gasteiger charge is 2.27. The molecule has 0 aliphatic carbocycles. The second-order valence-corrected chi connectivity index (χ2v) is 6.93. The fourth-order valence-electron chi connectivity index (χ4n) is 3.13. The molecule has 0 unspecified atom stereocenters. The van der Waals surface area contributed by atoms with Crippen molar-refractivity contribution in [3.8, 4) is 0 Å². The maximum atomic E-state index is 12.5. The van der Waals surface area contributed by atoms with Crippen LogP contribution in [-0.2, 0) is 4.79 Å². The molecule has 2 heterocycles. The van der Waals surface area contributed by atoms with E-state index < -0.39 is 0 Å². The summed E-state index contributed by atoms with van der Waals surface area (Å²) in [6, 6.07) is 7.34. The number of hydrogen-bond acceptors (Lipinski definition) is 5. The molecule has 0 bridgehead atoms. The van der Waals surface area contributed by atoms with E-state index in [0.717, 1.165) is 30.8 Å². The third-order valence-corrected chi connectivity index (χ3v) is 5.15. The van der Waals surface area contributed by atoms with Crippen LogP contribution < -0.4 is 5.32 Å². The Hall–Kier alpha value is -2.05. The van der Waals surface area contributed by atoms with Gasteiger partial charge in [-0.3, -0.25) is 14.5 Å². The molecule has 1 saturated heterocycles. The number of ketones is 1. The molecule has 2 aromatic rings. The summed E-state index contributed by atoms with van der Waals surface area (Å²) < 4.78 is 0. The summed E-state index contributed by atoms with van der Waals surface area (Å²) in [7, 11) is 0.